The molecule has 0 aromatic heterocycles. The van der Waals surface area contributed by atoms with Gasteiger partial charge in [-0.1, -0.05) is 12.7 Å². The van der Waals surface area contributed by atoms with Crippen LogP contribution in [0.3, 0.4) is 0 Å². The van der Waals surface area contributed by atoms with Crippen molar-refractivity contribution in [3.8, 4) is 5.75 Å². The number of ether oxygens (including phenoxy) is 1. The molecule has 0 aliphatic heterocycles. The molecule has 0 heterocycles. The molecule has 0 radical (unpaired) electrons. The quantitative estimate of drug-likeness (QED) is 0.707. The van der Waals surface area contributed by atoms with Crippen LogP contribution in [0.2, 0.25) is 0 Å². The molecule has 0 fully saturated rings. The molecule has 0 aliphatic rings. The summed E-state index contributed by atoms with van der Waals surface area (Å²) in [6.45, 7) is 9.46. The van der Waals surface area contributed by atoms with Gasteiger partial charge in [-0.2, -0.15) is 0 Å². The van der Waals surface area contributed by atoms with Gasteiger partial charge in [0, 0.05) is 18.7 Å². The third-order valence-corrected chi connectivity index (χ3v) is 2.52. The van der Waals surface area contributed by atoms with Gasteiger partial charge in [-0.3, -0.25) is 4.79 Å². The van der Waals surface area contributed by atoms with Crippen LogP contribution in [0, 0.1) is 0 Å². The molecule has 0 aliphatic carbocycles. The van der Waals surface area contributed by atoms with Crippen molar-refractivity contribution >= 4 is 5.91 Å². The molecule has 0 atom stereocenters. The summed E-state index contributed by atoms with van der Waals surface area (Å²) in [5, 5.41) is 0. The first-order chi connectivity index (χ1) is 8.22. The summed E-state index contributed by atoms with van der Waals surface area (Å²) in [4.78, 5) is 13.8. The van der Waals surface area contributed by atoms with E-state index in [9.17, 15) is 4.79 Å². The molecular formula is C14H19NO2. The largest absolute Gasteiger partial charge is 0.490 e. The highest BCUT2D eigenvalue weighted by molar-refractivity contribution is 5.94. The van der Waals surface area contributed by atoms with E-state index in [1.807, 2.05) is 13.8 Å². The maximum Gasteiger partial charge on any atom is 0.253 e. The number of carbonyl (C=O) groups excluding carboxylic acids is 1. The minimum absolute atomic E-state index is 0.0604. The zero-order valence-electron chi connectivity index (χ0n) is 10.5. The number of hydrogen-bond acceptors (Lipinski definition) is 2. The van der Waals surface area contributed by atoms with Gasteiger partial charge in [-0.25, -0.2) is 0 Å². The van der Waals surface area contributed by atoms with Crippen LogP contribution >= 0.6 is 0 Å². The molecule has 0 N–H and O–H groups in total. The second-order valence-corrected chi connectivity index (χ2v) is 3.60. The van der Waals surface area contributed by atoms with Crippen LogP contribution < -0.4 is 4.74 Å². The molecule has 0 saturated carbocycles. The predicted octanol–water partition coefficient (Wildman–Crippen LogP) is 2.73. The maximum atomic E-state index is 12.0. The Morgan fingerprint density at radius 2 is 1.88 bits per heavy atom. The van der Waals surface area contributed by atoms with Crippen molar-refractivity contribution in [1.82, 2.24) is 4.90 Å². The van der Waals surface area contributed by atoms with Crippen molar-refractivity contribution in [1.29, 1.82) is 0 Å². The Kier molecular flexibility index (Phi) is 5.27. The lowest BCUT2D eigenvalue weighted by atomic mass is 10.2. The first-order valence-corrected chi connectivity index (χ1v) is 5.86. The summed E-state index contributed by atoms with van der Waals surface area (Å²) >= 11 is 0. The zero-order chi connectivity index (χ0) is 12.7. The van der Waals surface area contributed by atoms with E-state index in [-0.39, 0.29) is 5.91 Å². The lowest BCUT2D eigenvalue weighted by molar-refractivity contribution is 0.0773. The van der Waals surface area contributed by atoms with E-state index in [2.05, 4.69) is 6.58 Å². The summed E-state index contributed by atoms with van der Waals surface area (Å²) in [6, 6.07) is 7.19. The zero-order valence-corrected chi connectivity index (χ0v) is 10.5. The van der Waals surface area contributed by atoms with Gasteiger partial charge < -0.3 is 9.64 Å². The van der Waals surface area contributed by atoms with Crippen molar-refractivity contribution in [2.45, 2.75) is 13.8 Å². The molecule has 1 rings (SSSR count). The van der Waals surface area contributed by atoms with E-state index in [0.717, 1.165) is 18.8 Å². The van der Waals surface area contributed by atoms with Crippen LogP contribution in [-0.4, -0.2) is 30.5 Å². The number of carbonyl (C=O) groups is 1. The molecule has 92 valence electrons. The van der Waals surface area contributed by atoms with Crippen LogP contribution in [0.1, 0.15) is 24.2 Å². The normalized spacial score (nSPS) is 9.76. The minimum Gasteiger partial charge on any atom is -0.490 e. The topological polar surface area (TPSA) is 29.5 Å². The van der Waals surface area contributed by atoms with E-state index >= 15 is 0 Å². The van der Waals surface area contributed by atoms with E-state index in [4.69, 9.17) is 4.74 Å². The van der Waals surface area contributed by atoms with E-state index in [1.54, 1.807) is 35.2 Å². The summed E-state index contributed by atoms with van der Waals surface area (Å²) in [5.41, 5.74) is 0.694. The summed E-state index contributed by atoms with van der Waals surface area (Å²) in [5.74, 6) is 0.811. The van der Waals surface area contributed by atoms with Crippen molar-refractivity contribution in [3.63, 3.8) is 0 Å². The third kappa shape index (κ3) is 3.63. The molecule has 1 aromatic rings. The van der Waals surface area contributed by atoms with Crippen LogP contribution in [-0.2, 0) is 0 Å². The molecule has 17 heavy (non-hydrogen) atoms. The van der Waals surface area contributed by atoms with Crippen LogP contribution in [0.25, 0.3) is 0 Å². The Balaban J connectivity index is 2.72. The molecule has 0 spiro atoms. The molecule has 3 heteroatoms. The number of amides is 1. The van der Waals surface area contributed by atoms with Crippen molar-refractivity contribution in [3.05, 3.63) is 42.5 Å². The van der Waals surface area contributed by atoms with Crippen molar-refractivity contribution < 1.29 is 9.53 Å². The predicted molar refractivity (Wildman–Crippen MR) is 69.4 cm³/mol. The van der Waals surface area contributed by atoms with Gasteiger partial charge in [-0.05, 0) is 38.1 Å². The van der Waals surface area contributed by atoms with Gasteiger partial charge in [-0.15, -0.1) is 0 Å². The maximum absolute atomic E-state index is 12.0. The second-order valence-electron chi connectivity index (χ2n) is 3.60. The van der Waals surface area contributed by atoms with Gasteiger partial charge in [0.05, 0.1) is 0 Å². The number of rotatable bonds is 6. The summed E-state index contributed by atoms with van der Waals surface area (Å²) in [7, 11) is 0. The fourth-order valence-electron chi connectivity index (χ4n) is 1.54. The Morgan fingerprint density at radius 1 is 1.29 bits per heavy atom. The van der Waals surface area contributed by atoms with Crippen molar-refractivity contribution in [2.75, 3.05) is 19.7 Å². The molecule has 0 bridgehead atoms. The highest BCUT2D eigenvalue weighted by Crippen LogP contribution is 2.13. The van der Waals surface area contributed by atoms with Gasteiger partial charge in [0.2, 0.25) is 0 Å². The van der Waals surface area contributed by atoms with E-state index in [0.29, 0.717) is 12.2 Å². The lowest BCUT2D eigenvalue weighted by Crippen LogP contribution is -2.30. The molecule has 1 aromatic carbocycles. The average molecular weight is 233 g/mol. The van der Waals surface area contributed by atoms with Crippen molar-refractivity contribution in [2.24, 2.45) is 0 Å². The SMILES string of the molecule is C=CCOc1ccc(C(=O)N(CC)CC)cc1. The van der Waals surface area contributed by atoms with E-state index < -0.39 is 0 Å². The molecule has 0 unspecified atom stereocenters. The summed E-state index contributed by atoms with van der Waals surface area (Å²) in [6.07, 6.45) is 1.69. The third-order valence-electron chi connectivity index (χ3n) is 2.52. The van der Waals surface area contributed by atoms with Gasteiger partial charge >= 0.3 is 0 Å². The Hall–Kier alpha value is -1.77. The second kappa shape index (κ2) is 6.74. The number of hydrogen-bond donors (Lipinski definition) is 0. The monoisotopic (exact) mass is 233 g/mol. The molecular weight excluding hydrogens is 214 g/mol. The summed E-state index contributed by atoms with van der Waals surface area (Å²) < 4.78 is 5.36. The fraction of sp³-hybridized carbons (Fsp3) is 0.357. The number of benzene rings is 1. The molecule has 3 nitrogen and oxygen atoms in total. The molecule has 1 amide bonds. The minimum atomic E-state index is 0.0604. The van der Waals surface area contributed by atoms with Crippen LogP contribution in [0.5, 0.6) is 5.75 Å². The van der Waals surface area contributed by atoms with Gasteiger partial charge in [0.15, 0.2) is 0 Å². The first kappa shape index (κ1) is 13.3. The van der Waals surface area contributed by atoms with Gasteiger partial charge in [0.1, 0.15) is 12.4 Å². The first-order valence-electron chi connectivity index (χ1n) is 5.86. The molecule has 0 saturated heterocycles. The lowest BCUT2D eigenvalue weighted by Gasteiger charge is -2.18. The smallest absolute Gasteiger partial charge is 0.253 e. The highest BCUT2D eigenvalue weighted by Gasteiger charge is 2.11. The Morgan fingerprint density at radius 3 is 2.35 bits per heavy atom. The standard InChI is InChI=1S/C14H19NO2/c1-4-11-17-13-9-7-12(8-10-13)14(16)15(5-2)6-3/h4,7-10H,1,5-6,11H2,2-3H3. The van der Waals surface area contributed by atoms with E-state index in [1.165, 1.54) is 0 Å². The highest BCUT2D eigenvalue weighted by atomic mass is 16.5. The Labute approximate surface area is 103 Å². The average Bonchev–Trinajstić information content (AvgIpc) is 2.38. The van der Waals surface area contributed by atoms with Crippen LogP contribution in [0.4, 0.5) is 0 Å². The van der Waals surface area contributed by atoms with Gasteiger partial charge in [0.25, 0.3) is 5.91 Å². The fourth-order valence-corrected chi connectivity index (χ4v) is 1.54. The Bertz CT molecular complexity index is 366. The van der Waals surface area contributed by atoms with Crippen LogP contribution in [0.15, 0.2) is 36.9 Å². The number of nitrogens with zero attached hydrogens (tertiary/aromatic N) is 1.